The number of benzene rings is 1. The van der Waals surface area contributed by atoms with E-state index in [2.05, 4.69) is 10.6 Å². The van der Waals surface area contributed by atoms with E-state index in [9.17, 15) is 24.0 Å². The normalized spacial score (nSPS) is 18.4. The predicted molar refractivity (Wildman–Crippen MR) is 112 cm³/mol. The van der Waals surface area contributed by atoms with Gasteiger partial charge in [0.05, 0.1) is 17.0 Å². The molecule has 1 saturated heterocycles. The van der Waals surface area contributed by atoms with Crippen molar-refractivity contribution in [3.8, 4) is 0 Å². The number of hydrogen-bond donors (Lipinski definition) is 2. The molecule has 2 aliphatic rings. The van der Waals surface area contributed by atoms with Gasteiger partial charge in [-0.05, 0) is 32.9 Å². The minimum absolute atomic E-state index is 0.00262. The number of carbonyl (C=O) groups is 5. The lowest BCUT2D eigenvalue weighted by atomic mass is 10.1. The topological polar surface area (TPSA) is 116 Å². The van der Waals surface area contributed by atoms with Crippen LogP contribution in [-0.4, -0.2) is 71.1 Å². The molecule has 3 rings (SSSR count). The van der Waals surface area contributed by atoms with E-state index in [1.165, 1.54) is 0 Å². The molecule has 0 spiro atoms. The quantitative estimate of drug-likeness (QED) is 0.486. The van der Waals surface area contributed by atoms with Gasteiger partial charge in [-0.1, -0.05) is 12.1 Å². The molecule has 0 saturated carbocycles. The first-order valence-corrected chi connectivity index (χ1v) is 10.4. The molecule has 2 N–H and O–H groups in total. The molecule has 2 heterocycles. The number of amides is 5. The molecule has 1 atom stereocenters. The maximum Gasteiger partial charge on any atom is 0.261 e. The number of carbonyl (C=O) groups excluding carboxylic acids is 5. The van der Waals surface area contributed by atoms with Gasteiger partial charge in [0.25, 0.3) is 11.8 Å². The lowest BCUT2D eigenvalue weighted by Gasteiger charge is -2.31. The van der Waals surface area contributed by atoms with Crippen LogP contribution in [0, 0.1) is 5.92 Å². The third-order valence-electron chi connectivity index (χ3n) is 5.49. The molecule has 0 radical (unpaired) electrons. The fourth-order valence-corrected chi connectivity index (χ4v) is 3.81. The SMILES string of the molecule is CC(C)(C)N1CC(C(=O)NCCNC(=O)CCN2C(=O)c3ccccc3C2=O)CC1=O. The summed E-state index contributed by atoms with van der Waals surface area (Å²) in [7, 11) is 0. The molecule has 0 bridgehead atoms. The highest BCUT2D eigenvalue weighted by atomic mass is 16.2. The van der Waals surface area contributed by atoms with E-state index in [0.29, 0.717) is 17.7 Å². The van der Waals surface area contributed by atoms with E-state index >= 15 is 0 Å². The Kier molecular flexibility index (Phi) is 6.42. The largest absolute Gasteiger partial charge is 0.354 e. The van der Waals surface area contributed by atoms with E-state index in [1.54, 1.807) is 29.2 Å². The molecule has 1 unspecified atom stereocenters. The molecular weight excluding hydrogens is 400 g/mol. The number of nitrogens with zero attached hydrogens (tertiary/aromatic N) is 2. The minimum atomic E-state index is -0.393. The van der Waals surface area contributed by atoms with Crippen molar-refractivity contribution in [3.05, 3.63) is 35.4 Å². The number of rotatable bonds is 7. The number of fused-ring (bicyclic) bond motifs is 1. The summed E-state index contributed by atoms with van der Waals surface area (Å²) in [6.07, 6.45) is 0.173. The average Bonchev–Trinajstić information content (AvgIpc) is 3.22. The Morgan fingerprint density at radius 1 is 1.00 bits per heavy atom. The molecule has 2 aliphatic heterocycles. The summed E-state index contributed by atoms with van der Waals surface area (Å²) in [5, 5.41) is 5.41. The maximum absolute atomic E-state index is 12.3. The molecule has 9 heteroatoms. The van der Waals surface area contributed by atoms with Gasteiger partial charge in [-0.3, -0.25) is 28.9 Å². The fourth-order valence-electron chi connectivity index (χ4n) is 3.81. The number of imide groups is 1. The van der Waals surface area contributed by atoms with Crippen LogP contribution in [0.4, 0.5) is 0 Å². The number of likely N-dealkylation sites (tertiary alicyclic amines) is 1. The van der Waals surface area contributed by atoms with Crippen molar-refractivity contribution in [2.75, 3.05) is 26.2 Å². The predicted octanol–water partition coefficient (Wildman–Crippen LogP) is 0.552. The maximum atomic E-state index is 12.3. The second kappa shape index (κ2) is 8.87. The molecule has 0 aromatic heterocycles. The molecule has 1 fully saturated rings. The Bertz CT molecular complexity index is 886. The van der Waals surface area contributed by atoms with Crippen LogP contribution in [0.2, 0.25) is 0 Å². The van der Waals surface area contributed by atoms with Gasteiger partial charge in [0.1, 0.15) is 0 Å². The second-order valence-electron chi connectivity index (χ2n) is 8.77. The Morgan fingerprint density at radius 2 is 1.58 bits per heavy atom. The van der Waals surface area contributed by atoms with E-state index in [0.717, 1.165) is 4.90 Å². The van der Waals surface area contributed by atoms with Crippen molar-refractivity contribution in [3.63, 3.8) is 0 Å². The van der Waals surface area contributed by atoms with Gasteiger partial charge in [0.2, 0.25) is 17.7 Å². The van der Waals surface area contributed by atoms with Crippen LogP contribution in [0.5, 0.6) is 0 Å². The monoisotopic (exact) mass is 428 g/mol. The first-order valence-electron chi connectivity index (χ1n) is 10.4. The summed E-state index contributed by atoms with van der Waals surface area (Å²) in [5.74, 6) is -1.74. The lowest BCUT2D eigenvalue weighted by Crippen LogP contribution is -2.43. The van der Waals surface area contributed by atoms with Gasteiger partial charge in [0.15, 0.2) is 0 Å². The first kappa shape index (κ1) is 22.5. The van der Waals surface area contributed by atoms with Gasteiger partial charge in [-0.15, -0.1) is 0 Å². The van der Waals surface area contributed by atoms with Crippen molar-refractivity contribution in [2.45, 2.75) is 39.2 Å². The summed E-state index contributed by atoms with van der Waals surface area (Å²) < 4.78 is 0. The van der Waals surface area contributed by atoms with E-state index < -0.39 is 17.7 Å². The smallest absolute Gasteiger partial charge is 0.261 e. The van der Waals surface area contributed by atoms with Crippen molar-refractivity contribution in [1.29, 1.82) is 0 Å². The summed E-state index contributed by atoms with van der Waals surface area (Å²) in [6, 6.07) is 6.57. The van der Waals surface area contributed by atoms with Crippen LogP contribution in [0.1, 0.15) is 54.3 Å². The molecule has 31 heavy (non-hydrogen) atoms. The lowest BCUT2D eigenvalue weighted by molar-refractivity contribution is -0.132. The molecular formula is C22H28N4O5. The summed E-state index contributed by atoms with van der Waals surface area (Å²) >= 11 is 0. The summed E-state index contributed by atoms with van der Waals surface area (Å²) in [5.41, 5.74) is 0.386. The second-order valence-corrected chi connectivity index (χ2v) is 8.77. The molecule has 0 aliphatic carbocycles. The van der Waals surface area contributed by atoms with Gasteiger partial charge < -0.3 is 15.5 Å². The van der Waals surface area contributed by atoms with Crippen molar-refractivity contribution >= 4 is 29.5 Å². The van der Waals surface area contributed by atoms with Crippen LogP contribution in [0.3, 0.4) is 0 Å². The van der Waals surface area contributed by atoms with Crippen molar-refractivity contribution < 1.29 is 24.0 Å². The molecule has 5 amide bonds. The first-order chi connectivity index (χ1) is 14.6. The Hall–Kier alpha value is -3.23. The average molecular weight is 428 g/mol. The van der Waals surface area contributed by atoms with E-state index in [4.69, 9.17) is 0 Å². The van der Waals surface area contributed by atoms with Crippen LogP contribution in [0.25, 0.3) is 0 Å². The molecule has 9 nitrogen and oxygen atoms in total. The van der Waals surface area contributed by atoms with Crippen molar-refractivity contribution in [1.82, 2.24) is 20.4 Å². The van der Waals surface area contributed by atoms with Crippen LogP contribution < -0.4 is 10.6 Å². The van der Waals surface area contributed by atoms with Gasteiger partial charge in [0, 0.05) is 44.6 Å². The van der Waals surface area contributed by atoms with E-state index in [-0.39, 0.29) is 55.7 Å². The molecule has 1 aromatic carbocycles. The van der Waals surface area contributed by atoms with Crippen LogP contribution in [0.15, 0.2) is 24.3 Å². The number of nitrogens with one attached hydrogen (secondary N) is 2. The highest BCUT2D eigenvalue weighted by molar-refractivity contribution is 6.21. The standard InChI is InChI=1S/C22H28N4O5/c1-22(2,3)26-13-14(12-18(26)28)19(29)24-10-9-23-17(27)8-11-25-20(30)15-6-4-5-7-16(15)21(25)31/h4-7,14H,8-13H2,1-3H3,(H,23,27)(H,24,29). The molecule has 1 aromatic rings. The summed E-state index contributed by atoms with van der Waals surface area (Å²) in [4.78, 5) is 63.8. The number of hydrogen-bond acceptors (Lipinski definition) is 5. The highest BCUT2D eigenvalue weighted by Gasteiger charge is 2.39. The highest BCUT2D eigenvalue weighted by Crippen LogP contribution is 2.26. The van der Waals surface area contributed by atoms with Gasteiger partial charge >= 0.3 is 0 Å². The fraction of sp³-hybridized carbons (Fsp3) is 0.500. The zero-order valence-corrected chi connectivity index (χ0v) is 18.1. The zero-order chi connectivity index (χ0) is 22.8. The Morgan fingerprint density at radius 3 is 2.13 bits per heavy atom. The van der Waals surface area contributed by atoms with Crippen molar-refractivity contribution in [2.24, 2.45) is 5.92 Å². The Balaban J connectivity index is 1.36. The van der Waals surface area contributed by atoms with Crippen LogP contribution in [-0.2, 0) is 14.4 Å². The molecule has 166 valence electrons. The summed E-state index contributed by atoms with van der Waals surface area (Å²) in [6.45, 7) is 6.64. The Labute approximate surface area is 181 Å². The zero-order valence-electron chi connectivity index (χ0n) is 18.1. The minimum Gasteiger partial charge on any atom is -0.354 e. The van der Waals surface area contributed by atoms with Gasteiger partial charge in [-0.25, -0.2) is 0 Å². The third-order valence-corrected chi connectivity index (χ3v) is 5.49. The third kappa shape index (κ3) is 4.92. The van der Waals surface area contributed by atoms with E-state index in [1.807, 2.05) is 20.8 Å². The van der Waals surface area contributed by atoms with Gasteiger partial charge in [-0.2, -0.15) is 0 Å². The van der Waals surface area contributed by atoms with Crippen LogP contribution >= 0.6 is 0 Å².